The molecule has 3 aromatic carbocycles. The Morgan fingerprint density at radius 1 is 0.872 bits per heavy atom. The Kier molecular flexibility index (Phi) is 11.3. The van der Waals surface area contributed by atoms with Crippen molar-refractivity contribution in [3.8, 4) is 17.2 Å². The van der Waals surface area contributed by atoms with Crippen LogP contribution in [-0.2, 0) is 11.2 Å². The Hall–Kier alpha value is -2.83. The average molecular weight is 553 g/mol. The second-order valence-electron chi connectivity index (χ2n) is 9.95. The van der Waals surface area contributed by atoms with Crippen molar-refractivity contribution in [3.63, 3.8) is 0 Å². The van der Waals surface area contributed by atoms with Gasteiger partial charge in [0.05, 0.1) is 5.16 Å². The van der Waals surface area contributed by atoms with Gasteiger partial charge in [0.2, 0.25) is 0 Å². The van der Waals surface area contributed by atoms with Crippen LogP contribution in [-0.4, -0.2) is 47.1 Å². The zero-order chi connectivity index (χ0) is 27.3. The van der Waals surface area contributed by atoms with Crippen LogP contribution in [0.25, 0.3) is 0 Å². The Labute approximate surface area is 232 Å². The summed E-state index contributed by atoms with van der Waals surface area (Å²) in [6, 6.07) is 26.8. The molecule has 3 aromatic rings. The number of benzene rings is 3. The molecular weight excluding hydrogens is 513 g/mol. The van der Waals surface area contributed by atoms with Crippen LogP contribution in [0.3, 0.4) is 0 Å². The Morgan fingerprint density at radius 2 is 1.51 bits per heavy atom. The summed E-state index contributed by atoms with van der Waals surface area (Å²) in [6.07, 6.45) is 4.53. The number of hydrogen-bond acceptors (Lipinski definition) is 6. The Bertz CT molecular complexity index is 1140. The maximum absolute atomic E-state index is 12.6. The molecule has 0 aliphatic heterocycles. The fraction of sp³-hybridized carbons (Fsp3) is 0.387. The second-order valence-corrected chi connectivity index (χ2v) is 11.6. The van der Waals surface area contributed by atoms with E-state index in [1.807, 2.05) is 84.9 Å². The third-order valence-corrected chi connectivity index (χ3v) is 8.79. The van der Waals surface area contributed by atoms with Gasteiger partial charge in [0.15, 0.2) is 8.03 Å². The average Bonchev–Trinajstić information content (AvgIpc) is 2.98. The van der Waals surface area contributed by atoms with Crippen LogP contribution in [0, 0.1) is 6.42 Å². The van der Waals surface area contributed by atoms with E-state index in [4.69, 9.17) is 14.2 Å². The van der Waals surface area contributed by atoms with Gasteiger partial charge in [-0.15, -0.1) is 0 Å². The normalized spacial score (nSPS) is 17.1. The summed E-state index contributed by atoms with van der Waals surface area (Å²) in [5.41, 5.74) is 1.08. The summed E-state index contributed by atoms with van der Waals surface area (Å²) in [5.74, 6) is 2.02. The van der Waals surface area contributed by atoms with Crippen LogP contribution in [0.4, 0.5) is 0 Å². The predicted octanol–water partition coefficient (Wildman–Crippen LogP) is 5.42. The third-order valence-electron chi connectivity index (χ3n) is 7.11. The van der Waals surface area contributed by atoms with Gasteiger partial charge < -0.3 is 29.5 Å². The fourth-order valence-corrected chi connectivity index (χ4v) is 6.12. The van der Waals surface area contributed by atoms with Crippen molar-refractivity contribution in [1.82, 2.24) is 5.32 Å². The third kappa shape index (κ3) is 8.84. The molecule has 4 rings (SSSR count). The first-order chi connectivity index (χ1) is 19.0. The molecule has 1 aliphatic carbocycles. The number of hydrogen-bond donors (Lipinski definition) is 3. The summed E-state index contributed by atoms with van der Waals surface area (Å²) in [5, 5.41) is 13.0. The van der Waals surface area contributed by atoms with Crippen molar-refractivity contribution >= 4 is 8.03 Å². The van der Waals surface area contributed by atoms with Gasteiger partial charge in [-0.25, -0.2) is 0 Å². The summed E-state index contributed by atoms with van der Waals surface area (Å²) in [4.78, 5) is 10.4. The lowest BCUT2D eigenvalue weighted by atomic mass is 9.82. The van der Waals surface area contributed by atoms with E-state index in [9.17, 15) is 14.6 Å². The summed E-state index contributed by atoms with van der Waals surface area (Å²) in [7, 11) is -2.83. The van der Waals surface area contributed by atoms with E-state index < -0.39 is 25.4 Å². The molecule has 0 spiro atoms. The molecule has 0 aromatic heterocycles. The van der Waals surface area contributed by atoms with Gasteiger partial charge in [-0.2, -0.15) is 0 Å². The first-order valence-corrected chi connectivity index (χ1v) is 15.0. The van der Waals surface area contributed by atoms with E-state index in [-0.39, 0.29) is 6.61 Å². The number of rotatable bonds is 15. The van der Waals surface area contributed by atoms with Gasteiger partial charge in [-0.05, 0) is 74.9 Å². The number of aliphatic hydroxyl groups excluding tert-OH is 1. The lowest BCUT2D eigenvalue weighted by Crippen LogP contribution is -2.46. The standard InChI is InChI=1S/C31H39NO6P/c33-26(24-37-29-16-10-15-28(21-29)36-23-25-11-4-1-5-12-25)22-32-20-17-30(38-27-13-6-2-7-14-27)31(39(34)35)18-8-3-9-19-31/h1-7,10-16,21,26,30,32-33,39H,8-9,17-20,22-24H2,(H,34,35). The molecule has 1 fully saturated rings. The molecular formula is C31H39NO6P. The maximum atomic E-state index is 12.6. The van der Waals surface area contributed by atoms with E-state index in [1.54, 1.807) is 0 Å². The van der Waals surface area contributed by atoms with Crippen molar-refractivity contribution in [1.29, 1.82) is 0 Å². The predicted molar refractivity (Wildman–Crippen MR) is 154 cm³/mol. The molecule has 0 heterocycles. The van der Waals surface area contributed by atoms with Crippen molar-refractivity contribution in [2.24, 2.45) is 0 Å². The van der Waals surface area contributed by atoms with E-state index in [2.05, 4.69) is 11.7 Å². The van der Waals surface area contributed by atoms with Crippen LogP contribution >= 0.6 is 8.03 Å². The van der Waals surface area contributed by atoms with E-state index in [0.717, 1.165) is 18.4 Å². The van der Waals surface area contributed by atoms with E-state index in [1.165, 1.54) is 0 Å². The number of nitrogens with one attached hydrogen (secondary N) is 1. The van der Waals surface area contributed by atoms with Gasteiger partial charge in [0.1, 0.15) is 42.7 Å². The fourth-order valence-electron chi connectivity index (χ4n) is 4.92. The van der Waals surface area contributed by atoms with Crippen LogP contribution < -0.4 is 19.5 Å². The molecule has 0 bridgehead atoms. The van der Waals surface area contributed by atoms with Crippen LogP contribution in [0.15, 0.2) is 84.9 Å². The molecule has 0 saturated heterocycles. The van der Waals surface area contributed by atoms with E-state index >= 15 is 0 Å². The SMILES string of the molecule is O=[PH](O)C1(C(CCNCC(O)COc2cccc(OCc3ccccc3)c2)Oc2ccccc2)CC[CH]CC1. The molecule has 8 heteroatoms. The molecule has 0 amide bonds. The first kappa shape index (κ1) is 29.2. The van der Waals surface area contributed by atoms with Gasteiger partial charge in [-0.1, -0.05) is 54.6 Å². The van der Waals surface area contributed by atoms with Gasteiger partial charge in [0, 0.05) is 12.6 Å². The molecule has 1 aliphatic rings. The first-order valence-electron chi connectivity index (χ1n) is 13.6. The topological polar surface area (TPSA) is 97.3 Å². The van der Waals surface area contributed by atoms with Crippen molar-refractivity contribution in [3.05, 3.63) is 96.9 Å². The zero-order valence-electron chi connectivity index (χ0n) is 22.2. The number of ether oxygens (including phenoxy) is 3. The number of aliphatic hydroxyl groups is 1. The summed E-state index contributed by atoms with van der Waals surface area (Å²) < 4.78 is 30.6. The minimum atomic E-state index is -2.83. The zero-order valence-corrected chi connectivity index (χ0v) is 23.2. The van der Waals surface area contributed by atoms with Crippen molar-refractivity contribution in [2.45, 2.75) is 56.1 Å². The lowest BCUT2D eigenvalue weighted by molar-refractivity contribution is 0.0987. The molecule has 1 saturated carbocycles. The molecule has 1 radical (unpaired) electrons. The molecule has 3 N–H and O–H groups in total. The molecule has 3 atom stereocenters. The molecule has 3 unspecified atom stereocenters. The highest BCUT2D eigenvalue weighted by Crippen LogP contribution is 2.50. The lowest BCUT2D eigenvalue weighted by Gasteiger charge is -2.41. The minimum absolute atomic E-state index is 0.128. The second kappa shape index (κ2) is 15.1. The maximum Gasteiger partial charge on any atom is 0.198 e. The van der Waals surface area contributed by atoms with Gasteiger partial charge in [-0.3, -0.25) is 4.57 Å². The van der Waals surface area contributed by atoms with Crippen molar-refractivity contribution < 1.29 is 28.8 Å². The highest BCUT2D eigenvalue weighted by atomic mass is 31.1. The highest BCUT2D eigenvalue weighted by molar-refractivity contribution is 7.40. The van der Waals surface area contributed by atoms with E-state index in [0.29, 0.717) is 56.2 Å². The van der Waals surface area contributed by atoms with Crippen LogP contribution in [0.2, 0.25) is 0 Å². The van der Waals surface area contributed by atoms with Crippen LogP contribution in [0.1, 0.15) is 37.7 Å². The minimum Gasteiger partial charge on any atom is -0.491 e. The number of para-hydroxylation sites is 1. The van der Waals surface area contributed by atoms with Gasteiger partial charge >= 0.3 is 0 Å². The Balaban J connectivity index is 1.24. The summed E-state index contributed by atoms with van der Waals surface area (Å²) in [6.45, 7) is 1.47. The summed E-state index contributed by atoms with van der Waals surface area (Å²) >= 11 is 0. The monoisotopic (exact) mass is 552 g/mol. The van der Waals surface area contributed by atoms with Crippen LogP contribution in [0.5, 0.6) is 17.2 Å². The smallest absolute Gasteiger partial charge is 0.198 e. The highest BCUT2D eigenvalue weighted by Gasteiger charge is 2.45. The van der Waals surface area contributed by atoms with Crippen molar-refractivity contribution in [2.75, 3.05) is 19.7 Å². The van der Waals surface area contributed by atoms with Gasteiger partial charge in [0.25, 0.3) is 0 Å². The molecule has 209 valence electrons. The molecule has 7 nitrogen and oxygen atoms in total. The largest absolute Gasteiger partial charge is 0.491 e. The quantitative estimate of drug-likeness (QED) is 0.171. The Morgan fingerprint density at radius 3 is 2.21 bits per heavy atom. The molecule has 39 heavy (non-hydrogen) atoms.